The maximum absolute atomic E-state index is 12.9. The van der Waals surface area contributed by atoms with Crippen molar-refractivity contribution in [3.63, 3.8) is 0 Å². The average molecular weight is 352 g/mol. The standard InChI is InChI=1S/C17H15ClFNO4/c1-11-4-2-3-5-15(11)23-10-17(22)24-9-16(21)20-14-7-6-12(19)8-13(14)18/h2-8H,9-10H2,1H3,(H,20,21). The number of amides is 1. The number of anilines is 1. The Hall–Kier alpha value is -2.60. The molecule has 0 saturated carbocycles. The van der Waals surface area contributed by atoms with Gasteiger partial charge in [-0.3, -0.25) is 4.79 Å². The highest BCUT2D eigenvalue weighted by atomic mass is 35.5. The lowest BCUT2D eigenvalue weighted by Gasteiger charge is -2.10. The van der Waals surface area contributed by atoms with Gasteiger partial charge < -0.3 is 14.8 Å². The first-order chi connectivity index (χ1) is 11.5. The van der Waals surface area contributed by atoms with Gasteiger partial charge in [0.05, 0.1) is 10.7 Å². The van der Waals surface area contributed by atoms with Gasteiger partial charge in [0.25, 0.3) is 5.91 Å². The number of para-hydroxylation sites is 1. The number of esters is 1. The molecule has 0 unspecified atom stereocenters. The monoisotopic (exact) mass is 351 g/mol. The molecule has 2 rings (SSSR count). The van der Waals surface area contributed by atoms with Crippen molar-refractivity contribution in [2.75, 3.05) is 18.5 Å². The normalized spacial score (nSPS) is 10.1. The van der Waals surface area contributed by atoms with Gasteiger partial charge in [-0.1, -0.05) is 29.8 Å². The summed E-state index contributed by atoms with van der Waals surface area (Å²) >= 11 is 5.79. The third kappa shape index (κ3) is 5.24. The van der Waals surface area contributed by atoms with Crippen molar-refractivity contribution >= 4 is 29.2 Å². The number of halogens is 2. The van der Waals surface area contributed by atoms with E-state index < -0.39 is 24.3 Å². The number of hydrogen-bond donors (Lipinski definition) is 1. The van der Waals surface area contributed by atoms with Crippen molar-refractivity contribution in [2.45, 2.75) is 6.92 Å². The highest BCUT2D eigenvalue weighted by Gasteiger charge is 2.11. The first kappa shape index (κ1) is 17.7. The van der Waals surface area contributed by atoms with Gasteiger partial charge in [0.1, 0.15) is 11.6 Å². The Morgan fingerprint density at radius 1 is 1.17 bits per heavy atom. The summed E-state index contributed by atoms with van der Waals surface area (Å²) in [6.45, 7) is 1.04. The van der Waals surface area contributed by atoms with E-state index in [1.54, 1.807) is 12.1 Å². The Morgan fingerprint density at radius 2 is 1.92 bits per heavy atom. The molecule has 1 amide bonds. The van der Waals surface area contributed by atoms with Crippen LogP contribution in [0.5, 0.6) is 5.75 Å². The van der Waals surface area contributed by atoms with E-state index in [0.29, 0.717) is 5.75 Å². The third-order valence-corrected chi connectivity index (χ3v) is 3.32. The van der Waals surface area contributed by atoms with Gasteiger partial charge in [0.15, 0.2) is 13.2 Å². The molecule has 2 aromatic carbocycles. The molecular weight excluding hydrogens is 337 g/mol. The summed E-state index contributed by atoms with van der Waals surface area (Å²) in [5.41, 5.74) is 1.12. The van der Waals surface area contributed by atoms with Crippen molar-refractivity contribution < 1.29 is 23.5 Å². The third-order valence-electron chi connectivity index (χ3n) is 3.01. The number of rotatable bonds is 6. The van der Waals surface area contributed by atoms with E-state index in [-0.39, 0.29) is 17.3 Å². The number of benzene rings is 2. The van der Waals surface area contributed by atoms with Gasteiger partial charge in [-0.25, -0.2) is 9.18 Å². The Morgan fingerprint density at radius 3 is 2.62 bits per heavy atom. The van der Waals surface area contributed by atoms with Crippen molar-refractivity contribution in [1.82, 2.24) is 0 Å². The summed E-state index contributed by atoms with van der Waals surface area (Å²) in [4.78, 5) is 23.3. The van der Waals surface area contributed by atoms with Gasteiger partial charge in [0.2, 0.25) is 0 Å². The molecular formula is C17H15ClFNO4. The maximum atomic E-state index is 12.9. The molecule has 1 N–H and O–H groups in total. The minimum absolute atomic E-state index is 0.0533. The fourth-order valence-electron chi connectivity index (χ4n) is 1.82. The summed E-state index contributed by atoms with van der Waals surface area (Å²) in [5, 5.41) is 2.47. The zero-order chi connectivity index (χ0) is 17.5. The molecule has 24 heavy (non-hydrogen) atoms. The molecule has 2 aromatic rings. The van der Waals surface area contributed by atoms with Crippen molar-refractivity contribution in [1.29, 1.82) is 0 Å². The predicted octanol–water partition coefficient (Wildman–Crippen LogP) is 3.35. The minimum atomic E-state index is -0.682. The van der Waals surface area contributed by atoms with E-state index in [2.05, 4.69) is 5.32 Å². The van der Waals surface area contributed by atoms with E-state index in [1.807, 2.05) is 19.1 Å². The van der Waals surface area contributed by atoms with Crippen LogP contribution in [-0.4, -0.2) is 25.1 Å². The van der Waals surface area contributed by atoms with Crippen LogP contribution in [0.15, 0.2) is 42.5 Å². The lowest BCUT2D eigenvalue weighted by atomic mass is 10.2. The lowest BCUT2D eigenvalue weighted by molar-refractivity contribution is -0.149. The van der Waals surface area contributed by atoms with Gasteiger partial charge in [0, 0.05) is 0 Å². The van der Waals surface area contributed by atoms with E-state index in [9.17, 15) is 14.0 Å². The molecule has 0 bridgehead atoms. The van der Waals surface area contributed by atoms with Gasteiger partial charge >= 0.3 is 5.97 Å². The minimum Gasteiger partial charge on any atom is -0.482 e. The van der Waals surface area contributed by atoms with Crippen LogP contribution in [-0.2, 0) is 14.3 Å². The molecule has 0 aliphatic carbocycles. The average Bonchev–Trinajstić information content (AvgIpc) is 2.55. The molecule has 0 fully saturated rings. The fourth-order valence-corrected chi connectivity index (χ4v) is 2.03. The molecule has 5 nitrogen and oxygen atoms in total. The van der Waals surface area contributed by atoms with Crippen molar-refractivity contribution in [3.05, 3.63) is 58.9 Å². The predicted molar refractivity (Wildman–Crippen MR) is 87.7 cm³/mol. The Balaban J connectivity index is 1.77. The second kappa shape index (κ2) is 8.31. The topological polar surface area (TPSA) is 64.6 Å². The van der Waals surface area contributed by atoms with Crippen LogP contribution in [0.1, 0.15) is 5.56 Å². The summed E-state index contributed by atoms with van der Waals surface area (Å²) in [7, 11) is 0. The zero-order valence-electron chi connectivity index (χ0n) is 12.8. The molecule has 0 saturated heterocycles. The number of carbonyl (C=O) groups excluding carboxylic acids is 2. The summed E-state index contributed by atoms with van der Waals surface area (Å²) in [6.07, 6.45) is 0. The van der Waals surface area contributed by atoms with Crippen LogP contribution in [0.4, 0.5) is 10.1 Å². The number of nitrogens with one attached hydrogen (secondary N) is 1. The van der Waals surface area contributed by atoms with Crippen molar-refractivity contribution in [2.24, 2.45) is 0 Å². The molecule has 0 aromatic heterocycles. The molecule has 0 atom stereocenters. The van der Waals surface area contributed by atoms with E-state index in [1.165, 1.54) is 6.07 Å². The number of hydrogen-bond acceptors (Lipinski definition) is 4. The van der Waals surface area contributed by atoms with Gasteiger partial charge in [-0.15, -0.1) is 0 Å². The summed E-state index contributed by atoms with van der Waals surface area (Å²) < 4.78 is 23.0. The summed E-state index contributed by atoms with van der Waals surface area (Å²) in [6, 6.07) is 10.8. The Labute approximate surface area is 143 Å². The Bertz CT molecular complexity index is 751. The molecule has 126 valence electrons. The highest BCUT2D eigenvalue weighted by molar-refractivity contribution is 6.33. The van der Waals surface area contributed by atoms with Crippen LogP contribution < -0.4 is 10.1 Å². The van der Waals surface area contributed by atoms with E-state index >= 15 is 0 Å². The Kier molecular flexibility index (Phi) is 6.14. The largest absolute Gasteiger partial charge is 0.482 e. The second-order valence-electron chi connectivity index (χ2n) is 4.89. The maximum Gasteiger partial charge on any atom is 0.344 e. The fraction of sp³-hybridized carbons (Fsp3) is 0.176. The lowest BCUT2D eigenvalue weighted by Crippen LogP contribution is -2.23. The van der Waals surface area contributed by atoms with Crippen LogP contribution >= 0.6 is 11.6 Å². The first-order valence-corrected chi connectivity index (χ1v) is 7.42. The first-order valence-electron chi connectivity index (χ1n) is 7.04. The molecule has 0 aliphatic rings. The highest BCUT2D eigenvalue weighted by Crippen LogP contribution is 2.22. The van der Waals surface area contributed by atoms with E-state index in [0.717, 1.165) is 17.7 Å². The molecule has 0 aliphatic heterocycles. The molecule has 0 heterocycles. The number of ether oxygens (including phenoxy) is 2. The summed E-state index contributed by atoms with van der Waals surface area (Å²) in [5.74, 6) is -1.22. The quantitative estimate of drug-likeness (QED) is 0.811. The second-order valence-corrected chi connectivity index (χ2v) is 5.29. The van der Waals surface area contributed by atoms with Crippen LogP contribution in [0.3, 0.4) is 0 Å². The number of aryl methyl sites for hydroxylation is 1. The van der Waals surface area contributed by atoms with Crippen LogP contribution in [0.25, 0.3) is 0 Å². The van der Waals surface area contributed by atoms with Crippen LogP contribution in [0, 0.1) is 12.7 Å². The zero-order valence-corrected chi connectivity index (χ0v) is 13.6. The SMILES string of the molecule is Cc1ccccc1OCC(=O)OCC(=O)Nc1ccc(F)cc1Cl. The van der Waals surface area contributed by atoms with Gasteiger partial charge in [-0.2, -0.15) is 0 Å². The molecule has 7 heteroatoms. The smallest absolute Gasteiger partial charge is 0.344 e. The van der Waals surface area contributed by atoms with Crippen LogP contribution in [0.2, 0.25) is 5.02 Å². The molecule has 0 radical (unpaired) electrons. The molecule has 0 spiro atoms. The van der Waals surface area contributed by atoms with E-state index in [4.69, 9.17) is 21.1 Å². The number of carbonyl (C=O) groups is 2. The van der Waals surface area contributed by atoms with Crippen molar-refractivity contribution in [3.8, 4) is 5.75 Å². The van der Waals surface area contributed by atoms with Gasteiger partial charge in [-0.05, 0) is 36.8 Å².